The van der Waals surface area contributed by atoms with E-state index in [2.05, 4.69) is 36.2 Å². The number of aliphatic hydroxyl groups is 1. The average Bonchev–Trinajstić information content (AvgIpc) is 2.44. The van der Waals surface area contributed by atoms with Crippen LogP contribution in [0.4, 0.5) is 5.69 Å². The van der Waals surface area contributed by atoms with Crippen molar-refractivity contribution in [3.05, 3.63) is 23.3 Å². The summed E-state index contributed by atoms with van der Waals surface area (Å²) >= 11 is 0. The van der Waals surface area contributed by atoms with Crippen molar-refractivity contribution in [2.75, 3.05) is 31.1 Å². The molecule has 0 aliphatic carbocycles. The molecule has 2 rings (SSSR count). The smallest absolute Gasteiger partial charge is 0.309 e. The number of nitrogens with one attached hydrogen (secondary N) is 1. The largest absolute Gasteiger partial charge is 0.427 e. The van der Waals surface area contributed by atoms with E-state index in [0.29, 0.717) is 7.48 Å². The van der Waals surface area contributed by atoms with Crippen LogP contribution < -0.4 is 15.7 Å². The summed E-state index contributed by atoms with van der Waals surface area (Å²) in [6.45, 7) is 16.0. The molecule has 1 aliphatic heterocycles. The van der Waals surface area contributed by atoms with Gasteiger partial charge in [0.25, 0.3) is 0 Å². The Morgan fingerprint density at radius 2 is 1.61 bits per heavy atom. The Hall–Kier alpha value is -1.04. The molecule has 128 valence electrons. The molecule has 0 saturated carbocycles. The van der Waals surface area contributed by atoms with Crippen LogP contribution in [0.1, 0.15) is 38.8 Å². The molecular weight excluding hydrogens is 287 g/mol. The topological polar surface area (TPSA) is 44.7 Å². The van der Waals surface area contributed by atoms with Crippen LogP contribution in [0.2, 0.25) is 0 Å². The van der Waals surface area contributed by atoms with Crippen LogP contribution in [-0.2, 0) is 4.65 Å². The first-order valence-electron chi connectivity index (χ1n) is 8.54. The molecule has 1 heterocycles. The van der Waals surface area contributed by atoms with E-state index in [4.69, 9.17) is 4.65 Å². The molecule has 4 nitrogen and oxygen atoms in total. The zero-order valence-electron chi connectivity index (χ0n) is 15.5. The van der Waals surface area contributed by atoms with Crippen LogP contribution in [0.15, 0.2) is 12.1 Å². The number of anilines is 1. The lowest BCUT2D eigenvalue weighted by Crippen LogP contribution is -2.49. The summed E-state index contributed by atoms with van der Waals surface area (Å²) in [6, 6.07) is 4.43. The van der Waals surface area contributed by atoms with Gasteiger partial charge in [0.2, 0.25) is 0 Å². The van der Waals surface area contributed by atoms with Gasteiger partial charge in [-0.3, -0.25) is 0 Å². The van der Waals surface area contributed by atoms with E-state index in [-0.39, 0.29) is 0 Å². The lowest BCUT2D eigenvalue weighted by molar-refractivity contribution is -0.0893. The van der Waals surface area contributed by atoms with Gasteiger partial charge in [-0.05, 0) is 52.7 Å². The minimum atomic E-state index is -0.877. The maximum atomic E-state index is 10.2. The lowest BCUT2D eigenvalue weighted by Gasteiger charge is -2.37. The molecule has 1 aliphatic rings. The van der Waals surface area contributed by atoms with Gasteiger partial charge in [-0.2, -0.15) is 0 Å². The van der Waals surface area contributed by atoms with Crippen molar-refractivity contribution < 1.29 is 9.76 Å². The summed E-state index contributed by atoms with van der Waals surface area (Å²) in [5.41, 5.74) is 3.65. The first kappa shape index (κ1) is 18.3. The molecule has 1 aromatic rings. The molecule has 0 amide bonds. The highest BCUT2D eigenvalue weighted by molar-refractivity contribution is 6.47. The highest BCUT2D eigenvalue weighted by Crippen LogP contribution is 2.26. The van der Waals surface area contributed by atoms with Gasteiger partial charge in [0.05, 0.1) is 11.2 Å². The molecule has 0 aromatic heterocycles. The van der Waals surface area contributed by atoms with Crippen molar-refractivity contribution in [1.82, 2.24) is 5.32 Å². The number of rotatable bonds is 5. The predicted octanol–water partition coefficient (Wildman–Crippen LogP) is 1.26. The van der Waals surface area contributed by atoms with Crippen LogP contribution in [-0.4, -0.2) is 50.0 Å². The fraction of sp³-hybridized carbons (Fsp3) is 0.667. The van der Waals surface area contributed by atoms with E-state index < -0.39 is 11.2 Å². The second-order valence-electron chi connectivity index (χ2n) is 7.67. The van der Waals surface area contributed by atoms with Gasteiger partial charge in [-0.15, -0.1) is 0 Å². The van der Waals surface area contributed by atoms with E-state index in [0.717, 1.165) is 31.6 Å². The number of aryl methyl sites for hydroxylation is 2. The summed E-state index contributed by atoms with van der Waals surface area (Å²) in [4.78, 5) is 2.46. The van der Waals surface area contributed by atoms with Crippen molar-refractivity contribution in [2.24, 2.45) is 0 Å². The van der Waals surface area contributed by atoms with Crippen molar-refractivity contribution in [3.8, 4) is 0 Å². The summed E-state index contributed by atoms with van der Waals surface area (Å²) < 4.78 is 6.00. The molecule has 5 heteroatoms. The third-order valence-electron chi connectivity index (χ3n) is 5.06. The Morgan fingerprint density at radius 1 is 1.09 bits per heavy atom. The highest BCUT2D eigenvalue weighted by Gasteiger charge is 2.35. The Kier molecular flexibility index (Phi) is 5.44. The highest BCUT2D eigenvalue weighted by atomic mass is 16.5. The number of piperazine rings is 1. The first-order valence-corrected chi connectivity index (χ1v) is 8.54. The van der Waals surface area contributed by atoms with Crippen LogP contribution in [0, 0.1) is 13.8 Å². The molecule has 2 N–H and O–H groups in total. The fourth-order valence-corrected chi connectivity index (χ4v) is 2.96. The number of benzene rings is 1. The molecule has 0 unspecified atom stereocenters. The summed E-state index contributed by atoms with van der Waals surface area (Å²) in [5, 5.41) is 13.6. The van der Waals surface area contributed by atoms with Crippen molar-refractivity contribution in [1.29, 1.82) is 0 Å². The van der Waals surface area contributed by atoms with E-state index in [9.17, 15) is 5.11 Å². The van der Waals surface area contributed by atoms with Gasteiger partial charge < -0.3 is 20.0 Å². The molecular formula is C18H31BN2O2. The predicted molar refractivity (Wildman–Crippen MR) is 99.2 cm³/mol. The Labute approximate surface area is 141 Å². The van der Waals surface area contributed by atoms with Gasteiger partial charge >= 0.3 is 7.48 Å². The molecule has 0 radical (unpaired) electrons. The monoisotopic (exact) mass is 318 g/mol. The number of nitrogens with zero attached hydrogens (tertiary/aromatic N) is 1. The Morgan fingerprint density at radius 3 is 2.09 bits per heavy atom. The molecule has 0 atom stereocenters. The van der Waals surface area contributed by atoms with Crippen LogP contribution in [0.25, 0.3) is 0 Å². The van der Waals surface area contributed by atoms with Crippen molar-refractivity contribution in [3.63, 3.8) is 0 Å². The van der Waals surface area contributed by atoms with Crippen LogP contribution >= 0.6 is 0 Å². The van der Waals surface area contributed by atoms with Gasteiger partial charge in [-0.1, -0.05) is 17.6 Å². The standard InChI is InChI=1S/C18H31BN2O2/c1-13-11-15(19-23-18(5,6)17(3,4)22)12-14(2)16(13)21-9-7-20-8-10-21/h11-12,19-20,22H,7-10H2,1-6H3. The maximum Gasteiger partial charge on any atom is 0.309 e. The Balaban J connectivity index is 2.13. The SMILES string of the molecule is Cc1cc(BOC(C)(C)C(C)(C)O)cc(C)c1N1CCNCC1. The minimum absolute atomic E-state index is 0.514. The third-order valence-corrected chi connectivity index (χ3v) is 5.06. The quantitative estimate of drug-likeness (QED) is 0.802. The van der Waals surface area contributed by atoms with Gasteiger partial charge in [0.1, 0.15) is 0 Å². The van der Waals surface area contributed by atoms with E-state index in [1.165, 1.54) is 16.8 Å². The van der Waals surface area contributed by atoms with Crippen molar-refractivity contribution in [2.45, 2.75) is 52.7 Å². The second kappa shape index (κ2) is 6.84. The maximum absolute atomic E-state index is 10.2. The summed E-state index contributed by atoms with van der Waals surface area (Å²) in [5.74, 6) is 0. The fourth-order valence-electron chi connectivity index (χ4n) is 2.96. The summed E-state index contributed by atoms with van der Waals surface area (Å²) in [7, 11) is 0.514. The normalized spacial score (nSPS) is 16.6. The van der Waals surface area contributed by atoms with Crippen LogP contribution in [0.3, 0.4) is 0 Å². The molecule has 0 bridgehead atoms. The zero-order valence-corrected chi connectivity index (χ0v) is 15.5. The van der Waals surface area contributed by atoms with Gasteiger partial charge in [0.15, 0.2) is 0 Å². The molecule has 23 heavy (non-hydrogen) atoms. The van der Waals surface area contributed by atoms with Gasteiger partial charge in [-0.25, -0.2) is 0 Å². The van der Waals surface area contributed by atoms with Crippen molar-refractivity contribution >= 4 is 18.6 Å². The second-order valence-corrected chi connectivity index (χ2v) is 7.67. The average molecular weight is 318 g/mol. The molecule has 1 fully saturated rings. The molecule has 1 saturated heterocycles. The number of hydrogen-bond donors (Lipinski definition) is 2. The lowest BCUT2D eigenvalue weighted by atomic mass is 9.81. The Bertz CT molecular complexity index is 523. The molecule has 0 spiro atoms. The van der Waals surface area contributed by atoms with E-state index in [1.54, 1.807) is 13.8 Å². The zero-order chi connectivity index (χ0) is 17.3. The van der Waals surface area contributed by atoms with E-state index in [1.807, 2.05) is 13.8 Å². The minimum Gasteiger partial charge on any atom is -0.427 e. The number of hydrogen-bond acceptors (Lipinski definition) is 4. The van der Waals surface area contributed by atoms with Gasteiger partial charge in [0, 0.05) is 31.9 Å². The molecule has 1 aromatic carbocycles. The summed E-state index contributed by atoms with van der Waals surface area (Å²) in [6.07, 6.45) is 0. The van der Waals surface area contributed by atoms with Crippen LogP contribution in [0.5, 0.6) is 0 Å². The third kappa shape index (κ3) is 4.28. The first-order chi connectivity index (χ1) is 10.6. The van der Waals surface area contributed by atoms with E-state index >= 15 is 0 Å².